The third kappa shape index (κ3) is 4.43. The van der Waals surface area contributed by atoms with E-state index in [-0.39, 0.29) is 30.7 Å². The highest BCUT2D eigenvalue weighted by Crippen LogP contribution is 2.26. The lowest BCUT2D eigenvalue weighted by atomic mass is 10.1. The maximum absolute atomic E-state index is 11.2. The minimum atomic E-state index is -2.22. The van der Waals surface area contributed by atoms with Crippen LogP contribution in [0.4, 0.5) is 11.8 Å². The number of nitrogens with one attached hydrogen (secondary N) is 2. The Morgan fingerprint density at radius 1 is 1.36 bits per heavy atom. The SMILES string of the molecule is CC(C)C(CO)Nc1nc(NC2CCN(S(=O)[O-])C2)c2ncn(C(C)C)c2n1. The zero-order chi connectivity index (χ0) is 20.4. The molecule has 0 amide bonds. The number of hydrogen-bond acceptors (Lipinski definition) is 8. The number of rotatable bonds is 8. The van der Waals surface area contributed by atoms with Gasteiger partial charge in [0.1, 0.15) is 0 Å². The maximum Gasteiger partial charge on any atom is 0.227 e. The topological polar surface area (TPSA) is 131 Å². The van der Waals surface area contributed by atoms with Crippen molar-refractivity contribution < 1.29 is 13.9 Å². The van der Waals surface area contributed by atoms with Crippen LogP contribution in [0.15, 0.2) is 6.33 Å². The Balaban J connectivity index is 1.94. The summed E-state index contributed by atoms with van der Waals surface area (Å²) in [6.45, 7) is 8.96. The molecule has 1 saturated heterocycles. The van der Waals surface area contributed by atoms with Crippen molar-refractivity contribution in [2.24, 2.45) is 5.92 Å². The molecule has 0 bridgehead atoms. The number of hydrogen-bond donors (Lipinski definition) is 3. The molecule has 0 spiro atoms. The summed E-state index contributed by atoms with van der Waals surface area (Å²) < 4.78 is 25.7. The molecule has 0 radical (unpaired) electrons. The Morgan fingerprint density at radius 2 is 2.11 bits per heavy atom. The number of imidazole rings is 1. The van der Waals surface area contributed by atoms with Gasteiger partial charge in [-0.25, -0.2) is 9.29 Å². The average Bonchev–Trinajstić information content (AvgIpc) is 3.26. The molecule has 3 N–H and O–H groups in total. The Morgan fingerprint density at radius 3 is 2.68 bits per heavy atom. The summed E-state index contributed by atoms with van der Waals surface area (Å²) in [6.07, 6.45) is 2.43. The van der Waals surface area contributed by atoms with Crippen LogP contribution in [-0.2, 0) is 11.3 Å². The molecule has 0 saturated carbocycles. The number of fused-ring (bicyclic) bond motifs is 1. The van der Waals surface area contributed by atoms with E-state index in [0.717, 1.165) is 0 Å². The van der Waals surface area contributed by atoms with E-state index in [4.69, 9.17) is 0 Å². The smallest absolute Gasteiger partial charge is 0.227 e. The van der Waals surface area contributed by atoms with Gasteiger partial charge in [-0.15, -0.1) is 0 Å². The first kappa shape index (κ1) is 20.9. The van der Waals surface area contributed by atoms with Gasteiger partial charge in [0.15, 0.2) is 17.0 Å². The molecule has 10 nitrogen and oxygen atoms in total. The van der Waals surface area contributed by atoms with Crippen molar-refractivity contribution in [3.63, 3.8) is 0 Å². The molecule has 3 atom stereocenters. The second-order valence-electron chi connectivity index (χ2n) is 7.73. The summed E-state index contributed by atoms with van der Waals surface area (Å²) in [5, 5.41) is 16.2. The Kier molecular flexibility index (Phi) is 6.48. The average molecular weight is 411 g/mol. The van der Waals surface area contributed by atoms with Gasteiger partial charge in [0.05, 0.1) is 19.0 Å². The van der Waals surface area contributed by atoms with Gasteiger partial charge in [-0.3, -0.25) is 4.21 Å². The largest absolute Gasteiger partial charge is 0.760 e. The van der Waals surface area contributed by atoms with Crippen LogP contribution in [0.25, 0.3) is 11.2 Å². The predicted molar refractivity (Wildman–Crippen MR) is 108 cm³/mol. The number of aliphatic hydroxyl groups is 1. The van der Waals surface area contributed by atoms with Crippen LogP contribution < -0.4 is 10.6 Å². The van der Waals surface area contributed by atoms with Crippen molar-refractivity contribution in [3.8, 4) is 0 Å². The molecule has 3 rings (SSSR count). The number of anilines is 2. The van der Waals surface area contributed by atoms with E-state index >= 15 is 0 Å². The van der Waals surface area contributed by atoms with Crippen LogP contribution in [-0.4, -0.2) is 69.5 Å². The highest BCUT2D eigenvalue weighted by molar-refractivity contribution is 7.76. The molecule has 0 aromatic carbocycles. The summed E-state index contributed by atoms with van der Waals surface area (Å²) in [5.74, 6) is 1.18. The van der Waals surface area contributed by atoms with Crippen molar-refractivity contribution in [3.05, 3.63) is 6.33 Å². The zero-order valence-electron chi connectivity index (χ0n) is 16.6. The fraction of sp³-hybridized carbons (Fsp3) is 0.706. The van der Waals surface area contributed by atoms with Crippen molar-refractivity contribution in [2.45, 2.75) is 52.2 Å². The van der Waals surface area contributed by atoms with Gasteiger partial charge in [-0.05, 0) is 26.2 Å². The van der Waals surface area contributed by atoms with Crippen molar-refractivity contribution in [1.29, 1.82) is 0 Å². The molecule has 3 unspecified atom stereocenters. The van der Waals surface area contributed by atoms with Crippen molar-refractivity contribution >= 4 is 34.2 Å². The fourth-order valence-corrected chi connectivity index (χ4v) is 3.78. The van der Waals surface area contributed by atoms with Gasteiger partial charge in [0, 0.05) is 36.4 Å². The van der Waals surface area contributed by atoms with Gasteiger partial charge >= 0.3 is 0 Å². The van der Waals surface area contributed by atoms with Crippen LogP contribution in [0.3, 0.4) is 0 Å². The van der Waals surface area contributed by atoms with Gasteiger partial charge < -0.3 is 24.9 Å². The summed E-state index contributed by atoms with van der Waals surface area (Å²) in [4.78, 5) is 13.7. The molecule has 28 heavy (non-hydrogen) atoms. The maximum atomic E-state index is 11.2. The van der Waals surface area contributed by atoms with Gasteiger partial charge in [0.25, 0.3) is 0 Å². The molecule has 1 aliphatic rings. The van der Waals surface area contributed by atoms with E-state index in [0.29, 0.717) is 42.4 Å². The fourth-order valence-electron chi connectivity index (χ4n) is 3.22. The summed E-state index contributed by atoms with van der Waals surface area (Å²) >= 11 is -2.22. The van der Waals surface area contributed by atoms with Crippen molar-refractivity contribution in [1.82, 2.24) is 23.8 Å². The quantitative estimate of drug-likeness (QED) is 0.552. The second kappa shape index (κ2) is 8.68. The molecule has 11 heteroatoms. The Labute approximate surface area is 167 Å². The number of aliphatic hydroxyl groups excluding tert-OH is 1. The zero-order valence-corrected chi connectivity index (χ0v) is 17.4. The Hall–Kier alpha value is -1.82. The highest BCUT2D eigenvalue weighted by atomic mass is 32.2. The van der Waals surface area contributed by atoms with E-state index < -0.39 is 11.3 Å². The highest BCUT2D eigenvalue weighted by Gasteiger charge is 2.25. The lowest BCUT2D eigenvalue weighted by molar-refractivity contribution is 0.248. The van der Waals surface area contributed by atoms with Crippen LogP contribution in [0.5, 0.6) is 0 Å². The van der Waals surface area contributed by atoms with Crippen LogP contribution in [0, 0.1) is 5.92 Å². The molecule has 0 aliphatic carbocycles. The molecule has 1 aliphatic heterocycles. The number of aromatic nitrogens is 4. The lowest BCUT2D eigenvalue weighted by Crippen LogP contribution is -2.31. The molecule has 2 aromatic heterocycles. The van der Waals surface area contributed by atoms with Crippen LogP contribution in [0.2, 0.25) is 0 Å². The van der Waals surface area contributed by atoms with E-state index in [9.17, 15) is 13.9 Å². The first-order chi connectivity index (χ1) is 13.3. The summed E-state index contributed by atoms with van der Waals surface area (Å²) in [5.41, 5.74) is 1.34. The van der Waals surface area contributed by atoms with E-state index in [2.05, 4.69) is 25.6 Å². The monoisotopic (exact) mass is 410 g/mol. The molecular weight excluding hydrogens is 382 g/mol. The molecule has 1 fully saturated rings. The minimum absolute atomic E-state index is 0.0296. The van der Waals surface area contributed by atoms with Crippen molar-refractivity contribution in [2.75, 3.05) is 30.3 Å². The Bertz CT molecular complexity index is 842. The third-order valence-electron chi connectivity index (χ3n) is 5.00. The molecule has 2 aromatic rings. The summed E-state index contributed by atoms with van der Waals surface area (Å²) in [6, 6.07) is -0.0541. The van der Waals surface area contributed by atoms with Crippen LogP contribution >= 0.6 is 0 Å². The van der Waals surface area contributed by atoms with Gasteiger partial charge in [-0.1, -0.05) is 13.8 Å². The first-order valence-corrected chi connectivity index (χ1v) is 10.6. The summed E-state index contributed by atoms with van der Waals surface area (Å²) in [7, 11) is 0. The third-order valence-corrected chi connectivity index (χ3v) is 5.75. The van der Waals surface area contributed by atoms with E-state index in [1.807, 2.05) is 32.3 Å². The second-order valence-corrected chi connectivity index (χ2v) is 8.68. The lowest BCUT2D eigenvalue weighted by Gasteiger charge is -2.21. The normalized spacial score (nSPS) is 20.2. The van der Waals surface area contributed by atoms with Crippen LogP contribution in [0.1, 0.15) is 40.2 Å². The van der Waals surface area contributed by atoms with Gasteiger partial charge in [0.2, 0.25) is 5.95 Å². The first-order valence-electron chi connectivity index (χ1n) is 9.53. The number of nitrogens with zero attached hydrogens (tertiary/aromatic N) is 5. The standard InChI is InChI=1S/C17H29N7O3S/c1-10(2)13(8-25)20-17-21-15(19-12-5-6-23(7-12)28(26)27)14-16(22-17)24(9-18-14)11(3)4/h9-13,25H,5-8H2,1-4H3,(H,26,27)(H2,19,20,21,22)/p-1. The molecule has 3 heterocycles. The predicted octanol–water partition coefficient (Wildman–Crippen LogP) is 1.12. The molecule has 156 valence electrons. The van der Waals surface area contributed by atoms with Gasteiger partial charge in [-0.2, -0.15) is 9.97 Å². The van der Waals surface area contributed by atoms with E-state index in [1.165, 1.54) is 4.31 Å². The van der Waals surface area contributed by atoms with E-state index in [1.54, 1.807) is 6.33 Å². The minimum Gasteiger partial charge on any atom is -0.760 e. The molecular formula is C17H28N7O3S-.